The Balaban J connectivity index is 2.19. The summed E-state index contributed by atoms with van der Waals surface area (Å²) < 4.78 is 5.15. The van der Waals surface area contributed by atoms with Crippen LogP contribution in [0.3, 0.4) is 0 Å². The molecule has 0 radical (unpaired) electrons. The van der Waals surface area contributed by atoms with Crippen molar-refractivity contribution < 1.29 is 9.84 Å². The number of aromatic hydroxyl groups is 1. The fourth-order valence-corrected chi connectivity index (χ4v) is 2.75. The monoisotopic (exact) mass is 344 g/mol. The van der Waals surface area contributed by atoms with Crippen molar-refractivity contribution in [2.24, 2.45) is 0 Å². The molecule has 3 aromatic rings. The van der Waals surface area contributed by atoms with Crippen LogP contribution in [0.25, 0.3) is 22.3 Å². The molecule has 0 saturated heterocycles. The highest BCUT2D eigenvalue weighted by Crippen LogP contribution is 2.38. The van der Waals surface area contributed by atoms with Crippen LogP contribution < -0.4 is 10.5 Å². The molecule has 3 N–H and O–H groups in total. The summed E-state index contributed by atoms with van der Waals surface area (Å²) in [5.74, 6) is 0.447. The fraction of sp³-hybridized carbons (Fsp3) is 0.235. The third-order valence-corrected chi connectivity index (χ3v) is 3.95. The Morgan fingerprint density at radius 3 is 2.71 bits per heavy atom. The van der Waals surface area contributed by atoms with Gasteiger partial charge in [-0.05, 0) is 30.7 Å². The molecule has 7 heteroatoms. The first-order chi connectivity index (χ1) is 11.5. The van der Waals surface area contributed by atoms with Gasteiger partial charge in [0, 0.05) is 5.56 Å². The van der Waals surface area contributed by atoms with Gasteiger partial charge in [0.25, 0.3) is 0 Å². The number of hydrogen-bond donors (Lipinski definition) is 2. The third-order valence-electron chi connectivity index (χ3n) is 3.66. The molecule has 6 nitrogen and oxygen atoms in total. The van der Waals surface area contributed by atoms with Gasteiger partial charge in [-0.2, -0.15) is 0 Å². The number of hydrogen-bond acceptors (Lipinski definition) is 6. The number of methoxy groups -OCH3 is 1. The first-order valence-corrected chi connectivity index (χ1v) is 7.91. The Labute approximate surface area is 144 Å². The number of anilines is 1. The molecule has 3 rings (SSSR count). The largest absolute Gasteiger partial charge is 0.503 e. The molecule has 24 heavy (non-hydrogen) atoms. The lowest BCUT2D eigenvalue weighted by Gasteiger charge is -2.10. The van der Waals surface area contributed by atoms with Gasteiger partial charge in [0.1, 0.15) is 5.52 Å². The predicted octanol–water partition coefficient (Wildman–Crippen LogP) is 3.59. The van der Waals surface area contributed by atoms with E-state index in [2.05, 4.69) is 21.9 Å². The number of phenols is 1. The van der Waals surface area contributed by atoms with Gasteiger partial charge in [-0.1, -0.05) is 24.9 Å². The molecule has 0 aliphatic heterocycles. The first kappa shape index (κ1) is 16.3. The molecule has 0 bridgehead atoms. The average Bonchev–Trinajstić information content (AvgIpc) is 2.57. The van der Waals surface area contributed by atoms with Gasteiger partial charge in [-0.15, -0.1) is 0 Å². The first-order valence-electron chi connectivity index (χ1n) is 7.53. The maximum Gasteiger partial charge on any atom is 0.220 e. The van der Waals surface area contributed by atoms with E-state index in [0.29, 0.717) is 22.5 Å². The standard InChI is InChI=1S/C17H17ClN4O2/c1-3-4-12-15-13(22-17(19)21-12)6-5-11(20-15)9-7-10(18)16(23)14(8-9)24-2/h5-8,23H,3-4H2,1-2H3,(H2,19,21,22). The van der Waals surface area contributed by atoms with Crippen molar-refractivity contribution in [2.75, 3.05) is 12.8 Å². The van der Waals surface area contributed by atoms with E-state index in [1.165, 1.54) is 7.11 Å². The Morgan fingerprint density at radius 2 is 2.00 bits per heavy atom. The van der Waals surface area contributed by atoms with Gasteiger partial charge >= 0.3 is 0 Å². The van der Waals surface area contributed by atoms with Gasteiger partial charge in [0.15, 0.2) is 11.5 Å². The van der Waals surface area contributed by atoms with Gasteiger partial charge in [0.2, 0.25) is 5.95 Å². The molecule has 0 atom stereocenters. The van der Waals surface area contributed by atoms with E-state index in [1.54, 1.807) is 12.1 Å². The van der Waals surface area contributed by atoms with Gasteiger partial charge in [0.05, 0.1) is 29.0 Å². The summed E-state index contributed by atoms with van der Waals surface area (Å²) >= 11 is 6.07. The number of nitrogens with two attached hydrogens (primary N) is 1. The molecule has 2 aromatic heterocycles. The number of benzene rings is 1. The lowest BCUT2D eigenvalue weighted by molar-refractivity contribution is 0.374. The van der Waals surface area contributed by atoms with Crippen LogP contribution in [-0.2, 0) is 6.42 Å². The van der Waals surface area contributed by atoms with Gasteiger partial charge < -0.3 is 15.6 Å². The summed E-state index contributed by atoms with van der Waals surface area (Å²) in [5, 5.41) is 10.1. The third kappa shape index (κ3) is 2.92. The van der Waals surface area contributed by atoms with Crippen molar-refractivity contribution in [1.82, 2.24) is 15.0 Å². The molecule has 0 fully saturated rings. The number of phenolic OH excluding ortho intramolecular Hbond substituents is 1. The Bertz CT molecular complexity index is 915. The number of aromatic nitrogens is 3. The minimum atomic E-state index is -0.0912. The van der Waals surface area contributed by atoms with Crippen molar-refractivity contribution in [3.05, 3.63) is 35.0 Å². The van der Waals surface area contributed by atoms with Gasteiger partial charge in [-0.25, -0.2) is 15.0 Å². The summed E-state index contributed by atoms with van der Waals surface area (Å²) in [6, 6.07) is 7.01. The van der Waals surface area contributed by atoms with Crippen LogP contribution in [-0.4, -0.2) is 27.2 Å². The van der Waals surface area contributed by atoms with Crippen LogP contribution in [0.2, 0.25) is 5.02 Å². The number of aryl methyl sites for hydroxylation is 1. The number of nitrogens with zero attached hydrogens (tertiary/aromatic N) is 3. The lowest BCUT2D eigenvalue weighted by atomic mass is 10.1. The van der Waals surface area contributed by atoms with E-state index in [0.717, 1.165) is 24.1 Å². The second kappa shape index (κ2) is 6.49. The zero-order valence-corrected chi connectivity index (χ0v) is 14.1. The molecule has 0 amide bonds. The van der Waals surface area contributed by atoms with E-state index in [-0.39, 0.29) is 16.7 Å². The maximum absolute atomic E-state index is 9.87. The van der Waals surface area contributed by atoms with Crippen molar-refractivity contribution in [3.8, 4) is 22.8 Å². The van der Waals surface area contributed by atoms with E-state index in [1.807, 2.05) is 12.1 Å². The zero-order chi connectivity index (χ0) is 17.3. The van der Waals surface area contributed by atoms with Crippen molar-refractivity contribution in [1.29, 1.82) is 0 Å². The number of pyridine rings is 1. The van der Waals surface area contributed by atoms with E-state index < -0.39 is 0 Å². The summed E-state index contributed by atoms with van der Waals surface area (Å²) in [7, 11) is 1.47. The Morgan fingerprint density at radius 1 is 1.21 bits per heavy atom. The molecular weight excluding hydrogens is 328 g/mol. The fourth-order valence-electron chi connectivity index (χ4n) is 2.54. The summed E-state index contributed by atoms with van der Waals surface area (Å²) in [5.41, 5.74) is 9.42. The highest BCUT2D eigenvalue weighted by Gasteiger charge is 2.13. The summed E-state index contributed by atoms with van der Waals surface area (Å²) in [4.78, 5) is 13.2. The van der Waals surface area contributed by atoms with E-state index in [9.17, 15) is 5.11 Å². The molecule has 1 aromatic carbocycles. The lowest BCUT2D eigenvalue weighted by Crippen LogP contribution is -2.02. The highest BCUT2D eigenvalue weighted by atomic mass is 35.5. The second-order valence-corrected chi connectivity index (χ2v) is 5.76. The predicted molar refractivity (Wildman–Crippen MR) is 94.4 cm³/mol. The molecule has 0 unspecified atom stereocenters. The zero-order valence-electron chi connectivity index (χ0n) is 13.4. The minimum absolute atomic E-state index is 0.0912. The van der Waals surface area contributed by atoms with E-state index >= 15 is 0 Å². The topological polar surface area (TPSA) is 94.2 Å². The van der Waals surface area contributed by atoms with Crippen LogP contribution in [0.4, 0.5) is 5.95 Å². The highest BCUT2D eigenvalue weighted by molar-refractivity contribution is 6.32. The van der Waals surface area contributed by atoms with Crippen molar-refractivity contribution in [2.45, 2.75) is 19.8 Å². The van der Waals surface area contributed by atoms with E-state index in [4.69, 9.17) is 22.1 Å². The van der Waals surface area contributed by atoms with Crippen LogP contribution in [0.15, 0.2) is 24.3 Å². The molecule has 0 aliphatic rings. The number of nitrogen functional groups attached to an aromatic ring is 1. The molecular formula is C17H17ClN4O2. The van der Waals surface area contributed by atoms with Crippen molar-refractivity contribution >= 4 is 28.6 Å². The maximum atomic E-state index is 9.87. The number of fused-ring (bicyclic) bond motifs is 1. The van der Waals surface area contributed by atoms with Crippen LogP contribution >= 0.6 is 11.6 Å². The minimum Gasteiger partial charge on any atom is -0.503 e. The molecule has 0 saturated carbocycles. The summed E-state index contributed by atoms with van der Waals surface area (Å²) in [6.45, 7) is 2.07. The Hall–Kier alpha value is -2.60. The smallest absolute Gasteiger partial charge is 0.220 e. The van der Waals surface area contributed by atoms with Crippen LogP contribution in [0.5, 0.6) is 11.5 Å². The number of halogens is 1. The molecule has 124 valence electrons. The average molecular weight is 345 g/mol. The van der Waals surface area contributed by atoms with Crippen molar-refractivity contribution in [3.63, 3.8) is 0 Å². The molecule has 0 spiro atoms. The molecule has 2 heterocycles. The van der Waals surface area contributed by atoms with Crippen LogP contribution in [0.1, 0.15) is 19.0 Å². The Kier molecular flexibility index (Phi) is 4.40. The summed E-state index contributed by atoms with van der Waals surface area (Å²) in [6.07, 6.45) is 1.69. The quantitative estimate of drug-likeness (QED) is 0.751. The normalized spacial score (nSPS) is 11.0. The molecule has 0 aliphatic carbocycles. The van der Waals surface area contributed by atoms with Gasteiger partial charge in [-0.3, -0.25) is 0 Å². The number of rotatable bonds is 4. The number of ether oxygens (including phenoxy) is 1. The second-order valence-electron chi connectivity index (χ2n) is 5.35. The SMILES string of the molecule is CCCc1nc(N)nc2ccc(-c3cc(Cl)c(O)c(OC)c3)nc12. The van der Waals surface area contributed by atoms with Crippen LogP contribution in [0, 0.1) is 0 Å².